The summed E-state index contributed by atoms with van der Waals surface area (Å²) in [6.45, 7) is 0. The van der Waals surface area contributed by atoms with E-state index < -0.39 is 29.6 Å². The zero-order valence-electron chi connectivity index (χ0n) is 11.4. The molecule has 2 aromatic rings. The Balaban J connectivity index is 2.34. The lowest BCUT2D eigenvalue weighted by atomic mass is 10.1. The molecule has 0 saturated carbocycles. The van der Waals surface area contributed by atoms with Gasteiger partial charge < -0.3 is 9.84 Å². The Hall–Kier alpha value is -2.90. The van der Waals surface area contributed by atoms with Gasteiger partial charge in [-0.15, -0.1) is 0 Å². The molecule has 8 heteroatoms. The predicted octanol–water partition coefficient (Wildman–Crippen LogP) is 2.87. The molecule has 5 nitrogen and oxygen atoms in total. The molecule has 0 bridgehead atoms. The number of nitrogens with zero attached hydrogens (tertiary/aromatic N) is 1. The fourth-order valence-corrected chi connectivity index (χ4v) is 1.72. The van der Waals surface area contributed by atoms with Gasteiger partial charge in [0.05, 0.1) is 11.3 Å². The average molecular weight is 325 g/mol. The molecule has 0 aliphatic heterocycles. The molecule has 1 aromatic heterocycles. The number of carboxylic acid groups (broad SMARTS) is 1. The highest BCUT2D eigenvalue weighted by atomic mass is 19.4. The Labute approximate surface area is 128 Å². The number of ether oxygens (including phenoxy) is 1. The van der Waals surface area contributed by atoms with Crippen LogP contribution in [0.25, 0.3) is 0 Å². The number of carboxylic acids is 1. The number of pyridine rings is 1. The SMILES string of the molecule is O=C(O)C(=O)C(Oc1ccccc1)c1ccc(C(F)(F)F)cn1. The number of carbonyl (C=O) groups excluding carboxylic acids is 1. The fraction of sp³-hybridized carbons (Fsp3) is 0.133. The first-order valence-electron chi connectivity index (χ1n) is 6.31. The summed E-state index contributed by atoms with van der Waals surface area (Å²) in [7, 11) is 0. The quantitative estimate of drug-likeness (QED) is 0.856. The average Bonchev–Trinajstić information content (AvgIpc) is 2.52. The van der Waals surface area contributed by atoms with Gasteiger partial charge >= 0.3 is 12.1 Å². The normalized spacial score (nSPS) is 12.5. The number of hydrogen-bond donors (Lipinski definition) is 1. The van der Waals surface area contributed by atoms with Crippen molar-refractivity contribution in [3.8, 4) is 5.75 Å². The largest absolute Gasteiger partial charge is 0.476 e. The lowest BCUT2D eigenvalue weighted by molar-refractivity contribution is -0.152. The van der Waals surface area contributed by atoms with Crippen molar-refractivity contribution >= 4 is 11.8 Å². The number of halogens is 3. The maximum Gasteiger partial charge on any atom is 0.417 e. The lowest BCUT2D eigenvalue weighted by Crippen LogP contribution is -2.27. The number of rotatable bonds is 5. The molecule has 0 amide bonds. The topological polar surface area (TPSA) is 76.5 Å². The Morgan fingerprint density at radius 2 is 1.74 bits per heavy atom. The first kappa shape index (κ1) is 16.5. The lowest BCUT2D eigenvalue weighted by Gasteiger charge is -2.16. The Morgan fingerprint density at radius 3 is 2.22 bits per heavy atom. The summed E-state index contributed by atoms with van der Waals surface area (Å²) >= 11 is 0. The van der Waals surface area contributed by atoms with Crippen LogP contribution in [0.5, 0.6) is 5.75 Å². The van der Waals surface area contributed by atoms with Crippen molar-refractivity contribution in [3.05, 3.63) is 59.9 Å². The zero-order valence-corrected chi connectivity index (χ0v) is 11.4. The summed E-state index contributed by atoms with van der Waals surface area (Å²) in [6, 6.07) is 9.45. The van der Waals surface area contributed by atoms with Gasteiger partial charge in [0.1, 0.15) is 5.75 Å². The van der Waals surface area contributed by atoms with E-state index in [0.717, 1.165) is 6.07 Å². The van der Waals surface area contributed by atoms with Gasteiger partial charge in [0.2, 0.25) is 6.10 Å². The van der Waals surface area contributed by atoms with Crippen LogP contribution in [-0.4, -0.2) is 21.8 Å². The van der Waals surface area contributed by atoms with E-state index in [0.29, 0.717) is 12.3 Å². The van der Waals surface area contributed by atoms with Crippen molar-refractivity contribution in [2.24, 2.45) is 0 Å². The van der Waals surface area contributed by atoms with Crippen LogP contribution < -0.4 is 4.74 Å². The van der Waals surface area contributed by atoms with E-state index in [9.17, 15) is 22.8 Å². The minimum Gasteiger partial charge on any atom is -0.476 e. The number of aromatic nitrogens is 1. The van der Waals surface area contributed by atoms with Gasteiger partial charge in [0, 0.05) is 6.20 Å². The number of alkyl halides is 3. The number of ketones is 1. The van der Waals surface area contributed by atoms with Crippen LogP contribution in [0.4, 0.5) is 13.2 Å². The minimum absolute atomic E-state index is 0.189. The van der Waals surface area contributed by atoms with Gasteiger partial charge in [0.15, 0.2) is 0 Å². The molecule has 1 unspecified atom stereocenters. The van der Waals surface area contributed by atoms with Crippen LogP contribution in [0.3, 0.4) is 0 Å². The van der Waals surface area contributed by atoms with Gasteiger partial charge in [-0.05, 0) is 24.3 Å². The van der Waals surface area contributed by atoms with Crippen molar-refractivity contribution < 1.29 is 32.6 Å². The van der Waals surface area contributed by atoms with E-state index in [-0.39, 0.29) is 11.4 Å². The third-order valence-corrected chi connectivity index (χ3v) is 2.83. The molecule has 2 rings (SSSR count). The van der Waals surface area contributed by atoms with Gasteiger partial charge in [-0.1, -0.05) is 18.2 Å². The predicted molar refractivity (Wildman–Crippen MR) is 71.7 cm³/mol. The van der Waals surface area contributed by atoms with E-state index >= 15 is 0 Å². The van der Waals surface area contributed by atoms with Gasteiger partial charge in [-0.2, -0.15) is 13.2 Å². The molecule has 1 N–H and O–H groups in total. The van der Waals surface area contributed by atoms with Crippen molar-refractivity contribution in [2.45, 2.75) is 12.3 Å². The van der Waals surface area contributed by atoms with Crippen LogP contribution in [0.1, 0.15) is 17.4 Å². The Bertz CT molecular complexity index is 699. The highest BCUT2D eigenvalue weighted by molar-refractivity contribution is 6.34. The summed E-state index contributed by atoms with van der Waals surface area (Å²) in [4.78, 5) is 26.2. The monoisotopic (exact) mass is 325 g/mol. The fourth-order valence-electron chi connectivity index (χ4n) is 1.72. The van der Waals surface area contributed by atoms with Gasteiger partial charge in [-0.3, -0.25) is 9.78 Å². The van der Waals surface area contributed by atoms with Gasteiger partial charge in [-0.25, -0.2) is 4.79 Å². The number of aliphatic carboxylic acids is 1. The molecular formula is C15H10F3NO4. The molecule has 0 aliphatic rings. The van der Waals surface area contributed by atoms with E-state index in [1.807, 2.05) is 0 Å². The van der Waals surface area contributed by atoms with Gasteiger partial charge in [0.25, 0.3) is 5.78 Å². The van der Waals surface area contributed by atoms with E-state index in [4.69, 9.17) is 9.84 Å². The third kappa shape index (κ3) is 4.06. The first-order valence-corrected chi connectivity index (χ1v) is 6.31. The van der Waals surface area contributed by atoms with E-state index in [1.165, 1.54) is 12.1 Å². The molecular weight excluding hydrogens is 315 g/mol. The molecule has 23 heavy (non-hydrogen) atoms. The standard InChI is InChI=1S/C15H10F3NO4/c16-15(17,18)9-6-7-11(19-8-9)13(12(20)14(21)22)23-10-4-2-1-3-5-10/h1-8,13H,(H,21,22). The second-order valence-corrected chi connectivity index (χ2v) is 4.45. The molecule has 1 heterocycles. The van der Waals surface area contributed by atoms with Crippen LogP contribution in [0, 0.1) is 0 Å². The second kappa shape index (κ2) is 6.47. The molecule has 0 aliphatic carbocycles. The minimum atomic E-state index is -4.59. The summed E-state index contributed by atoms with van der Waals surface area (Å²) in [5.74, 6) is -2.91. The number of benzene rings is 1. The summed E-state index contributed by atoms with van der Waals surface area (Å²) in [5.41, 5.74) is -1.24. The van der Waals surface area contributed by atoms with Crippen LogP contribution in [-0.2, 0) is 15.8 Å². The molecule has 0 fully saturated rings. The van der Waals surface area contributed by atoms with Crippen molar-refractivity contribution in [1.29, 1.82) is 0 Å². The number of para-hydroxylation sites is 1. The maximum atomic E-state index is 12.5. The van der Waals surface area contributed by atoms with Crippen molar-refractivity contribution in [3.63, 3.8) is 0 Å². The first-order chi connectivity index (χ1) is 10.8. The highest BCUT2D eigenvalue weighted by Gasteiger charge is 2.33. The second-order valence-electron chi connectivity index (χ2n) is 4.45. The number of carbonyl (C=O) groups is 2. The molecule has 1 atom stereocenters. The molecule has 0 radical (unpaired) electrons. The molecule has 1 aromatic carbocycles. The zero-order chi connectivity index (χ0) is 17.0. The third-order valence-electron chi connectivity index (χ3n) is 2.83. The van der Waals surface area contributed by atoms with E-state index in [1.54, 1.807) is 18.2 Å². The van der Waals surface area contributed by atoms with Crippen LogP contribution >= 0.6 is 0 Å². The Morgan fingerprint density at radius 1 is 1.09 bits per heavy atom. The van der Waals surface area contributed by atoms with Crippen LogP contribution in [0.2, 0.25) is 0 Å². The molecule has 120 valence electrons. The van der Waals surface area contributed by atoms with Crippen molar-refractivity contribution in [1.82, 2.24) is 4.98 Å². The van der Waals surface area contributed by atoms with E-state index in [2.05, 4.69) is 4.98 Å². The molecule has 0 spiro atoms. The maximum absolute atomic E-state index is 12.5. The highest BCUT2D eigenvalue weighted by Crippen LogP contribution is 2.29. The summed E-state index contributed by atoms with van der Waals surface area (Å²) < 4.78 is 42.8. The van der Waals surface area contributed by atoms with Crippen LogP contribution in [0.15, 0.2) is 48.7 Å². The number of Topliss-reactive ketones (excluding diaryl/α,β-unsaturated/α-hetero) is 1. The molecule has 0 saturated heterocycles. The Kier molecular flexibility index (Phi) is 4.63. The number of hydrogen-bond acceptors (Lipinski definition) is 4. The summed E-state index contributed by atoms with van der Waals surface area (Å²) in [5, 5.41) is 8.84. The smallest absolute Gasteiger partial charge is 0.417 e. The van der Waals surface area contributed by atoms with Crippen molar-refractivity contribution in [2.75, 3.05) is 0 Å². The summed E-state index contributed by atoms with van der Waals surface area (Å²) in [6.07, 6.45) is -5.71.